The molecule has 0 aliphatic rings. The summed E-state index contributed by atoms with van der Waals surface area (Å²) in [5.41, 5.74) is 1.14. The summed E-state index contributed by atoms with van der Waals surface area (Å²) in [6.45, 7) is 6.72. The maximum absolute atomic E-state index is 13.0. The third-order valence-electron chi connectivity index (χ3n) is 5.52. The van der Waals surface area contributed by atoms with Crippen molar-refractivity contribution in [3.8, 4) is 11.5 Å². The van der Waals surface area contributed by atoms with Gasteiger partial charge in [0.2, 0.25) is 11.8 Å². The lowest BCUT2D eigenvalue weighted by atomic mass is 10.1. The molecule has 0 heterocycles. The number of nitrogens with zero attached hydrogens (tertiary/aromatic N) is 1. The van der Waals surface area contributed by atoms with Gasteiger partial charge in [0.25, 0.3) is 0 Å². The molecule has 0 unspecified atom stereocenters. The Hall–Kier alpha value is -3.02. The van der Waals surface area contributed by atoms with Crippen molar-refractivity contribution >= 4 is 11.8 Å². The lowest BCUT2D eigenvalue weighted by Crippen LogP contribution is -2.50. The van der Waals surface area contributed by atoms with Crippen molar-refractivity contribution in [2.24, 2.45) is 0 Å². The summed E-state index contributed by atoms with van der Waals surface area (Å²) < 4.78 is 10.9. The topological polar surface area (TPSA) is 67.9 Å². The zero-order valence-electron chi connectivity index (χ0n) is 19.7. The highest BCUT2D eigenvalue weighted by molar-refractivity contribution is 5.87. The Bertz CT molecular complexity index is 823. The third kappa shape index (κ3) is 8.25. The zero-order valence-corrected chi connectivity index (χ0v) is 19.7. The Morgan fingerprint density at radius 2 is 1.66 bits per heavy atom. The smallest absolute Gasteiger partial charge is 0.242 e. The molecule has 32 heavy (non-hydrogen) atoms. The number of rotatable bonds is 13. The van der Waals surface area contributed by atoms with E-state index in [2.05, 4.69) is 5.32 Å². The number of methoxy groups -OCH3 is 1. The minimum absolute atomic E-state index is 0.0361. The Morgan fingerprint density at radius 3 is 2.28 bits per heavy atom. The van der Waals surface area contributed by atoms with E-state index in [0.717, 1.165) is 23.5 Å². The number of hydrogen-bond acceptors (Lipinski definition) is 4. The molecule has 0 radical (unpaired) electrons. The molecule has 6 heteroatoms. The Kier molecular flexibility index (Phi) is 10.6. The van der Waals surface area contributed by atoms with Crippen LogP contribution in [0.4, 0.5) is 0 Å². The second kappa shape index (κ2) is 13.4. The second-order valence-electron chi connectivity index (χ2n) is 7.94. The summed E-state index contributed by atoms with van der Waals surface area (Å²) in [7, 11) is 1.62. The third-order valence-corrected chi connectivity index (χ3v) is 5.52. The molecule has 2 atom stereocenters. The maximum atomic E-state index is 13.0. The van der Waals surface area contributed by atoms with Crippen LogP contribution in [-0.2, 0) is 16.0 Å². The number of nitrogens with one attached hydrogen (secondary N) is 1. The fourth-order valence-electron chi connectivity index (χ4n) is 3.26. The Labute approximate surface area is 191 Å². The summed E-state index contributed by atoms with van der Waals surface area (Å²) >= 11 is 0. The summed E-state index contributed by atoms with van der Waals surface area (Å²) in [4.78, 5) is 27.4. The minimum atomic E-state index is -0.525. The van der Waals surface area contributed by atoms with E-state index >= 15 is 0 Å². The largest absolute Gasteiger partial charge is 0.497 e. The van der Waals surface area contributed by atoms with Crippen molar-refractivity contribution in [2.75, 3.05) is 20.3 Å². The molecule has 1 N–H and O–H groups in total. The molecular weight excluding hydrogens is 404 g/mol. The van der Waals surface area contributed by atoms with Gasteiger partial charge in [0.15, 0.2) is 0 Å². The number of ether oxygens (including phenoxy) is 2. The number of carbonyl (C=O) groups is 2. The highest BCUT2D eigenvalue weighted by Crippen LogP contribution is 2.17. The first-order chi connectivity index (χ1) is 15.4. The minimum Gasteiger partial charge on any atom is -0.497 e. The van der Waals surface area contributed by atoms with Crippen LogP contribution in [-0.4, -0.2) is 49.1 Å². The molecule has 0 aliphatic carbocycles. The first-order valence-corrected chi connectivity index (χ1v) is 11.3. The predicted octanol–water partition coefficient (Wildman–Crippen LogP) is 4.23. The van der Waals surface area contributed by atoms with Crippen LogP contribution in [0.1, 0.15) is 45.6 Å². The normalized spacial score (nSPS) is 12.5. The fourth-order valence-corrected chi connectivity index (χ4v) is 3.26. The van der Waals surface area contributed by atoms with Gasteiger partial charge in [0, 0.05) is 19.0 Å². The Balaban J connectivity index is 1.92. The quantitative estimate of drug-likeness (QED) is 0.474. The van der Waals surface area contributed by atoms with Crippen molar-refractivity contribution < 1.29 is 19.1 Å². The molecule has 2 aromatic carbocycles. The molecule has 174 valence electrons. The molecule has 0 spiro atoms. The van der Waals surface area contributed by atoms with E-state index in [0.29, 0.717) is 32.4 Å². The first-order valence-electron chi connectivity index (χ1n) is 11.3. The van der Waals surface area contributed by atoms with Crippen molar-refractivity contribution in [3.63, 3.8) is 0 Å². The molecule has 6 nitrogen and oxygen atoms in total. The Morgan fingerprint density at radius 1 is 1.00 bits per heavy atom. The standard InChI is InChI=1S/C26H36N2O4/c1-5-20(2)27-26(30)21(3)28(18-17-22-10-7-6-8-11-22)25(29)12-9-19-32-24-15-13-23(31-4)14-16-24/h6-8,10-11,13-16,20-21H,5,9,12,17-19H2,1-4H3,(H,27,30)/t20-,21-/m0/s1. The molecule has 2 aromatic rings. The second-order valence-corrected chi connectivity index (χ2v) is 7.94. The van der Waals surface area contributed by atoms with E-state index in [1.165, 1.54) is 0 Å². The van der Waals surface area contributed by atoms with Gasteiger partial charge in [0.1, 0.15) is 17.5 Å². The van der Waals surface area contributed by atoms with Crippen LogP contribution in [0.2, 0.25) is 0 Å². The summed E-state index contributed by atoms with van der Waals surface area (Å²) in [6.07, 6.45) is 2.45. The molecule has 0 aliphatic heterocycles. The summed E-state index contributed by atoms with van der Waals surface area (Å²) in [5.74, 6) is 1.35. The summed E-state index contributed by atoms with van der Waals surface area (Å²) in [5, 5.41) is 2.99. The van der Waals surface area contributed by atoms with Gasteiger partial charge >= 0.3 is 0 Å². The van der Waals surface area contributed by atoms with Crippen molar-refractivity contribution in [1.82, 2.24) is 10.2 Å². The molecular formula is C26H36N2O4. The van der Waals surface area contributed by atoms with E-state index in [1.807, 2.05) is 68.4 Å². The lowest BCUT2D eigenvalue weighted by molar-refractivity contribution is -0.140. The number of hydrogen-bond donors (Lipinski definition) is 1. The van der Waals surface area contributed by atoms with Crippen LogP contribution in [0.25, 0.3) is 0 Å². The fraction of sp³-hybridized carbons (Fsp3) is 0.462. The number of amides is 2. The monoisotopic (exact) mass is 440 g/mol. The van der Waals surface area contributed by atoms with E-state index in [-0.39, 0.29) is 17.9 Å². The molecule has 0 aromatic heterocycles. The van der Waals surface area contributed by atoms with Crippen molar-refractivity contribution in [2.45, 2.75) is 58.5 Å². The van der Waals surface area contributed by atoms with E-state index in [9.17, 15) is 9.59 Å². The average Bonchev–Trinajstić information content (AvgIpc) is 2.82. The molecule has 0 fully saturated rings. The van der Waals surface area contributed by atoms with Gasteiger partial charge in [0.05, 0.1) is 13.7 Å². The van der Waals surface area contributed by atoms with Gasteiger partial charge in [-0.3, -0.25) is 9.59 Å². The van der Waals surface area contributed by atoms with Crippen LogP contribution >= 0.6 is 0 Å². The predicted molar refractivity (Wildman–Crippen MR) is 127 cm³/mol. The maximum Gasteiger partial charge on any atom is 0.242 e. The van der Waals surface area contributed by atoms with Gasteiger partial charge in [-0.15, -0.1) is 0 Å². The summed E-state index contributed by atoms with van der Waals surface area (Å²) in [6, 6.07) is 16.9. The highest BCUT2D eigenvalue weighted by Gasteiger charge is 2.26. The van der Waals surface area contributed by atoms with Crippen molar-refractivity contribution in [1.29, 1.82) is 0 Å². The van der Waals surface area contributed by atoms with Crippen LogP contribution in [0, 0.1) is 0 Å². The van der Waals surface area contributed by atoms with Crippen LogP contribution in [0.3, 0.4) is 0 Å². The van der Waals surface area contributed by atoms with E-state index < -0.39 is 6.04 Å². The molecule has 2 rings (SSSR count). The molecule has 2 amide bonds. The van der Waals surface area contributed by atoms with Crippen molar-refractivity contribution in [3.05, 3.63) is 60.2 Å². The lowest BCUT2D eigenvalue weighted by Gasteiger charge is -2.29. The van der Waals surface area contributed by atoms with Gasteiger partial charge in [-0.2, -0.15) is 0 Å². The highest BCUT2D eigenvalue weighted by atomic mass is 16.5. The number of carbonyl (C=O) groups excluding carboxylic acids is 2. The SMILES string of the molecule is CC[C@H](C)NC(=O)[C@H](C)N(CCc1ccccc1)C(=O)CCCOc1ccc(OC)cc1. The van der Waals surface area contributed by atoms with Crippen LogP contribution < -0.4 is 14.8 Å². The van der Waals surface area contributed by atoms with Gasteiger partial charge in [-0.1, -0.05) is 37.3 Å². The molecule has 0 saturated heterocycles. The van der Waals surface area contributed by atoms with Crippen LogP contribution in [0.15, 0.2) is 54.6 Å². The average molecular weight is 441 g/mol. The van der Waals surface area contributed by atoms with E-state index in [1.54, 1.807) is 18.9 Å². The van der Waals surface area contributed by atoms with Gasteiger partial charge in [-0.25, -0.2) is 0 Å². The van der Waals surface area contributed by atoms with Crippen LogP contribution in [0.5, 0.6) is 11.5 Å². The number of benzene rings is 2. The van der Waals surface area contributed by atoms with Gasteiger partial charge < -0.3 is 19.7 Å². The van der Waals surface area contributed by atoms with E-state index in [4.69, 9.17) is 9.47 Å². The van der Waals surface area contributed by atoms with Gasteiger partial charge in [-0.05, 0) is 62.9 Å². The zero-order chi connectivity index (χ0) is 23.3. The first kappa shape index (κ1) is 25.2. The molecule has 0 saturated carbocycles. The molecule has 0 bridgehead atoms.